The van der Waals surface area contributed by atoms with Crippen LogP contribution in [0.2, 0.25) is 0 Å². The first-order chi connectivity index (χ1) is 9.73. The van der Waals surface area contributed by atoms with Crippen LogP contribution < -0.4 is 0 Å². The van der Waals surface area contributed by atoms with E-state index in [-0.39, 0.29) is 10.9 Å². The van der Waals surface area contributed by atoms with Gasteiger partial charge in [0.25, 0.3) is 0 Å². The van der Waals surface area contributed by atoms with Crippen LogP contribution in [0.1, 0.15) is 6.92 Å². The minimum absolute atomic E-state index is 0.244. The summed E-state index contributed by atoms with van der Waals surface area (Å²) in [5.41, 5.74) is -0.736. The molecule has 0 aliphatic carbocycles. The van der Waals surface area contributed by atoms with Crippen molar-refractivity contribution >= 4 is 15.7 Å². The lowest BCUT2D eigenvalue weighted by Gasteiger charge is -2.37. The maximum atomic E-state index is 13.6. The molecule has 1 heterocycles. The highest BCUT2D eigenvalue weighted by atomic mass is 32.2. The summed E-state index contributed by atoms with van der Waals surface area (Å²) in [6.45, 7) is 3.24. The number of likely N-dealkylation sites (N-methyl/N-ethyl adjacent to an activating group) is 1. The summed E-state index contributed by atoms with van der Waals surface area (Å²) in [4.78, 5) is 11.4. The number of sulfonamides is 1. The van der Waals surface area contributed by atoms with Gasteiger partial charge in [-0.2, -0.15) is 8.70 Å². The van der Waals surface area contributed by atoms with Gasteiger partial charge in [-0.1, -0.05) is 0 Å². The highest BCUT2D eigenvalue weighted by Gasteiger charge is 2.33. The maximum Gasteiger partial charge on any atom is 0.304 e. The van der Waals surface area contributed by atoms with Crippen LogP contribution in [0.4, 0.5) is 10.1 Å². The lowest BCUT2D eigenvalue weighted by molar-refractivity contribution is -0.387. The van der Waals surface area contributed by atoms with E-state index in [9.17, 15) is 22.9 Å². The summed E-state index contributed by atoms with van der Waals surface area (Å²) in [5.74, 6) is -1.15. The molecular weight excluding hydrogens is 301 g/mol. The number of piperazine rings is 1. The topological polar surface area (TPSA) is 83.8 Å². The van der Waals surface area contributed by atoms with Crippen LogP contribution in [-0.2, 0) is 10.0 Å². The summed E-state index contributed by atoms with van der Waals surface area (Å²) < 4.78 is 39.9. The van der Waals surface area contributed by atoms with Crippen molar-refractivity contribution in [1.82, 2.24) is 9.21 Å². The van der Waals surface area contributed by atoms with Crippen LogP contribution in [-0.4, -0.2) is 55.3 Å². The second kappa shape index (κ2) is 5.66. The largest absolute Gasteiger partial charge is 0.304 e. The first kappa shape index (κ1) is 15.8. The third kappa shape index (κ3) is 3.04. The number of hydrogen-bond donors (Lipinski definition) is 0. The van der Waals surface area contributed by atoms with E-state index in [1.807, 2.05) is 11.9 Å². The first-order valence-electron chi connectivity index (χ1n) is 6.38. The molecule has 0 saturated carbocycles. The van der Waals surface area contributed by atoms with Crippen molar-refractivity contribution in [2.24, 2.45) is 0 Å². The zero-order valence-electron chi connectivity index (χ0n) is 11.7. The standard InChI is InChI=1S/C12H16FN3O4S/c1-9-8-14(2)5-6-15(9)21(19,20)10-3-4-12(16(17)18)11(13)7-10/h3-4,7,9H,5-6,8H2,1-2H3. The zero-order valence-corrected chi connectivity index (χ0v) is 12.5. The summed E-state index contributed by atoms with van der Waals surface area (Å²) in [6.07, 6.45) is 0. The van der Waals surface area contributed by atoms with Crippen molar-refractivity contribution in [3.05, 3.63) is 34.1 Å². The van der Waals surface area contributed by atoms with E-state index in [4.69, 9.17) is 0 Å². The molecule has 1 aliphatic heterocycles. The molecule has 0 N–H and O–H groups in total. The molecule has 116 valence electrons. The second-order valence-electron chi connectivity index (χ2n) is 5.10. The molecule has 0 spiro atoms. The highest BCUT2D eigenvalue weighted by Crippen LogP contribution is 2.25. The molecule has 1 atom stereocenters. The Hall–Kier alpha value is -1.58. The van der Waals surface area contributed by atoms with Gasteiger partial charge >= 0.3 is 5.69 Å². The van der Waals surface area contributed by atoms with Crippen molar-refractivity contribution < 1.29 is 17.7 Å². The van der Waals surface area contributed by atoms with Gasteiger partial charge < -0.3 is 4.90 Å². The van der Waals surface area contributed by atoms with Gasteiger partial charge in [0.1, 0.15) is 0 Å². The van der Waals surface area contributed by atoms with Gasteiger partial charge in [0, 0.05) is 37.8 Å². The molecule has 7 nitrogen and oxygen atoms in total. The van der Waals surface area contributed by atoms with Crippen molar-refractivity contribution in [1.29, 1.82) is 0 Å². The average molecular weight is 317 g/mol. The number of nitro benzene ring substituents is 1. The molecule has 1 aliphatic rings. The molecule has 1 fully saturated rings. The summed E-state index contributed by atoms with van der Waals surface area (Å²) in [5, 5.41) is 10.6. The van der Waals surface area contributed by atoms with E-state index in [0.717, 1.165) is 12.1 Å². The fourth-order valence-corrected chi connectivity index (χ4v) is 4.04. The smallest absolute Gasteiger partial charge is 0.303 e. The molecule has 0 radical (unpaired) electrons. The third-order valence-electron chi connectivity index (χ3n) is 3.49. The lowest BCUT2D eigenvalue weighted by Crippen LogP contribution is -2.52. The van der Waals surface area contributed by atoms with Crippen LogP contribution in [0.25, 0.3) is 0 Å². The normalized spacial score (nSPS) is 21.4. The Morgan fingerprint density at radius 1 is 1.38 bits per heavy atom. The first-order valence-corrected chi connectivity index (χ1v) is 7.82. The molecule has 9 heteroatoms. The van der Waals surface area contributed by atoms with Crippen LogP contribution in [0.5, 0.6) is 0 Å². The SMILES string of the molecule is CC1CN(C)CCN1S(=O)(=O)c1ccc([N+](=O)[O-])c(F)c1. The van der Waals surface area contributed by atoms with Crippen LogP contribution in [0, 0.1) is 15.9 Å². The summed E-state index contributed by atoms with van der Waals surface area (Å²) >= 11 is 0. The Balaban J connectivity index is 2.36. The molecular formula is C12H16FN3O4S. The van der Waals surface area contributed by atoms with E-state index < -0.39 is 26.5 Å². The van der Waals surface area contributed by atoms with Gasteiger partial charge in [0.15, 0.2) is 0 Å². The van der Waals surface area contributed by atoms with Gasteiger partial charge in [0.05, 0.1) is 9.82 Å². The Kier molecular flexibility index (Phi) is 4.26. The van der Waals surface area contributed by atoms with E-state index in [2.05, 4.69) is 0 Å². The number of hydrogen-bond acceptors (Lipinski definition) is 5. The molecule has 1 aromatic carbocycles. The minimum Gasteiger partial charge on any atom is -0.303 e. The third-order valence-corrected chi connectivity index (χ3v) is 5.50. The Labute approximate surface area is 122 Å². The van der Waals surface area contributed by atoms with E-state index >= 15 is 0 Å². The fraction of sp³-hybridized carbons (Fsp3) is 0.500. The molecule has 2 rings (SSSR count). The number of benzene rings is 1. The van der Waals surface area contributed by atoms with Crippen molar-refractivity contribution in [2.75, 3.05) is 26.7 Å². The highest BCUT2D eigenvalue weighted by molar-refractivity contribution is 7.89. The molecule has 0 bridgehead atoms. The number of nitro groups is 1. The van der Waals surface area contributed by atoms with Gasteiger partial charge in [-0.3, -0.25) is 10.1 Å². The van der Waals surface area contributed by atoms with Crippen molar-refractivity contribution in [3.63, 3.8) is 0 Å². The van der Waals surface area contributed by atoms with Crippen molar-refractivity contribution in [3.8, 4) is 0 Å². The summed E-state index contributed by atoms with van der Waals surface area (Å²) in [6, 6.07) is 2.41. The number of halogens is 1. The van der Waals surface area contributed by atoms with E-state index in [0.29, 0.717) is 25.7 Å². The molecule has 0 aromatic heterocycles. The Morgan fingerprint density at radius 3 is 2.57 bits per heavy atom. The van der Waals surface area contributed by atoms with Gasteiger partial charge in [-0.05, 0) is 20.0 Å². The number of nitrogens with zero attached hydrogens (tertiary/aromatic N) is 3. The predicted octanol–water partition coefficient (Wildman–Crippen LogP) is 1.06. The molecule has 21 heavy (non-hydrogen) atoms. The predicted molar refractivity (Wildman–Crippen MR) is 73.9 cm³/mol. The summed E-state index contributed by atoms with van der Waals surface area (Å²) in [7, 11) is -1.96. The maximum absolute atomic E-state index is 13.6. The van der Waals surface area contributed by atoms with Crippen LogP contribution in [0.15, 0.2) is 23.1 Å². The fourth-order valence-electron chi connectivity index (χ4n) is 2.41. The second-order valence-corrected chi connectivity index (χ2v) is 6.99. The Bertz CT molecular complexity index is 664. The van der Waals surface area contributed by atoms with Crippen molar-refractivity contribution in [2.45, 2.75) is 17.9 Å². The lowest BCUT2D eigenvalue weighted by atomic mass is 10.2. The van der Waals surface area contributed by atoms with Crippen LogP contribution >= 0.6 is 0 Å². The van der Waals surface area contributed by atoms with E-state index in [1.54, 1.807) is 6.92 Å². The Morgan fingerprint density at radius 2 is 2.05 bits per heavy atom. The quantitative estimate of drug-likeness (QED) is 0.615. The van der Waals surface area contributed by atoms with Crippen LogP contribution in [0.3, 0.4) is 0 Å². The zero-order chi connectivity index (χ0) is 15.8. The molecule has 1 saturated heterocycles. The van der Waals surface area contributed by atoms with Gasteiger partial charge in [-0.15, -0.1) is 0 Å². The number of rotatable bonds is 3. The minimum atomic E-state index is -3.86. The molecule has 0 amide bonds. The molecule has 1 unspecified atom stereocenters. The monoisotopic (exact) mass is 317 g/mol. The van der Waals surface area contributed by atoms with Gasteiger partial charge in [0.2, 0.25) is 15.8 Å². The van der Waals surface area contributed by atoms with E-state index in [1.165, 1.54) is 4.31 Å². The van der Waals surface area contributed by atoms with Gasteiger partial charge in [-0.25, -0.2) is 8.42 Å². The average Bonchev–Trinajstić information content (AvgIpc) is 2.37. The molecule has 1 aromatic rings.